The van der Waals surface area contributed by atoms with Gasteiger partial charge >= 0.3 is 0 Å². The zero-order valence-corrected chi connectivity index (χ0v) is 20.3. The molecule has 3 aromatic rings. The van der Waals surface area contributed by atoms with Gasteiger partial charge in [0.15, 0.2) is 0 Å². The molecule has 0 aromatic heterocycles. The highest BCUT2D eigenvalue weighted by molar-refractivity contribution is 7.59. The molecule has 2 amide bonds. The van der Waals surface area contributed by atoms with E-state index in [4.69, 9.17) is 5.73 Å². The average Bonchev–Trinajstić information content (AvgIpc) is 2.82. The highest BCUT2D eigenvalue weighted by Gasteiger charge is 2.31. The molecule has 0 bridgehead atoms. The van der Waals surface area contributed by atoms with Gasteiger partial charge in [-0.15, -0.1) is 0 Å². The van der Waals surface area contributed by atoms with E-state index in [0.717, 1.165) is 40.8 Å². The Balaban J connectivity index is 0.00000324. The van der Waals surface area contributed by atoms with E-state index < -0.39 is 5.91 Å². The summed E-state index contributed by atoms with van der Waals surface area (Å²) in [6, 6.07) is 22.7. The Morgan fingerprint density at radius 3 is 2.32 bits per heavy atom. The molecule has 0 saturated carbocycles. The fourth-order valence-corrected chi connectivity index (χ4v) is 4.45. The Labute approximate surface area is 207 Å². The molecule has 5 nitrogen and oxygen atoms in total. The first-order valence-electron chi connectivity index (χ1n) is 11.3. The van der Waals surface area contributed by atoms with Crippen LogP contribution >= 0.6 is 13.5 Å². The lowest BCUT2D eigenvalue weighted by Gasteiger charge is -2.32. The van der Waals surface area contributed by atoms with Crippen molar-refractivity contribution in [2.24, 2.45) is 11.7 Å². The first kappa shape index (κ1) is 25.2. The van der Waals surface area contributed by atoms with Crippen LogP contribution in [0.15, 0.2) is 72.8 Å². The molecule has 0 unspecified atom stereocenters. The van der Waals surface area contributed by atoms with Crippen molar-refractivity contribution in [3.05, 3.63) is 89.5 Å². The van der Waals surface area contributed by atoms with Gasteiger partial charge in [0.05, 0.1) is 0 Å². The molecule has 176 valence electrons. The fourth-order valence-electron chi connectivity index (χ4n) is 4.45. The Morgan fingerprint density at radius 2 is 1.65 bits per heavy atom. The fraction of sp³-hybridized carbons (Fsp3) is 0.250. The van der Waals surface area contributed by atoms with Gasteiger partial charge in [0.25, 0.3) is 0 Å². The number of carbonyl (C=O) groups excluding carboxylic acids is 3. The van der Waals surface area contributed by atoms with E-state index in [1.165, 1.54) is 0 Å². The molecular weight excluding hydrogens is 444 g/mol. The number of primary amides is 1. The Bertz CT molecular complexity index is 1170. The number of nitrogens with zero attached hydrogens (tertiary/aromatic N) is 1. The van der Waals surface area contributed by atoms with Crippen LogP contribution in [-0.4, -0.2) is 24.1 Å². The van der Waals surface area contributed by atoms with Gasteiger partial charge in [0.1, 0.15) is 5.78 Å². The molecule has 4 rings (SSSR count). The van der Waals surface area contributed by atoms with Crippen molar-refractivity contribution >= 4 is 36.8 Å². The van der Waals surface area contributed by atoms with Crippen LogP contribution in [0, 0.1) is 12.8 Å². The van der Waals surface area contributed by atoms with Crippen LogP contribution in [-0.2, 0) is 16.0 Å². The van der Waals surface area contributed by atoms with Crippen LogP contribution in [0.2, 0.25) is 0 Å². The highest BCUT2D eigenvalue weighted by atomic mass is 32.1. The molecule has 1 heterocycles. The Hall–Kier alpha value is -3.38. The molecule has 1 saturated heterocycles. The lowest BCUT2D eigenvalue weighted by molar-refractivity contribution is -0.128. The van der Waals surface area contributed by atoms with Crippen molar-refractivity contribution in [3.63, 3.8) is 0 Å². The van der Waals surface area contributed by atoms with Gasteiger partial charge in [-0.3, -0.25) is 14.4 Å². The molecule has 1 aliphatic heterocycles. The lowest BCUT2D eigenvalue weighted by Crippen LogP contribution is -2.42. The Morgan fingerprint density at radius 1 is 0.971 bits per heavy atom. The molecule has 6 heteroatoms. The topological polar surface area (TPSA) is 80.5 Å². The predicted octanol–water partition coefficient (Wildman–Crippen LogP) is 4.82. The van der Waals surface area contributed by atoms with Crippen molar-refractivity contribution in [3.8, 4) is 11.1 Å². The van der Waals surface area contributed by atoms with Crippen LogP contribution in [0.25, 0.3) is 11.1 Å². The van der Waals surface area contributed by atoms with E-state index in [-0.39, 0.29) is 37.5 Å². The summed E-state index contributed by atoms with van der Waals surface area (Å²) in [6.07, 6.45) is 2.23. The number of hydrogen-bond acceptors (Lipinski definition) is 3. The van der Waals surface area contributed by atoms with E-state index in [0.29, 0.717) is 18.5 Å². The van der Waals surface area contributed by atoms with E-state index in [1.54, 1.807) is 17.0 Å². The minimum atomic E-state index is -0.473. The zero-order chi connectivity index (χ0) is 23.4. The first-order valence-corrected chi connectivity index (χ1v) is 11.3. The molecule has 0 spiro atoms. The monoisotopic (exact) mass is 474 g/mol. The van der Waals surface area contributed by atoms with Crippen molar-refractivity contribution in [1.29, 1.82) is 0 Å². The number of amides is 2. The number of hydrogen-bond donors (Lipinski definition) is 1. The number of anilines is 1. The van der Waals surface area contributed by atoms with Crippen LogP contribution in [0.4, 0.5) is 5.69 Å². The number of piperidine rings is 1. The SMILES string of the molecule is Cc1ccc(CC(=O)C[C@H]2CCCN(c3ccc(-c4ccccc4C(N)=O)cc3)C2=O)cc1.S. The van der Waals surface area contributed by atoms with E-state index in [2.05, 4.69) is 0 Å². The third-order valence-corrected chi connectivity index (χ3v) is 6.23. The molecule has 1 aliphatic rings. The molecule has 0 aliphatic carbocycles. The third-order valence-electron chi connectivity index (χ3n) is 6.23. The van der Waals surface area contributed by atoms with Crippen molar-refractivity contribution in [2.45, 2.75) is 32.6 Å². The largest absolute Gasteiger partial charge is 0.366 e. The summed E-state index contributed by atoms with van der Waals surface area (Å²) < 4.78 is 0. The summed E-state index contributed by atoms with van der Waals surface area (Å²) in [4.78, 5) is 39.3. The number of aryl methyl sites for hydroxylation is 1. The quantitative estimate of drug-likeness (QED) is 0.533. The molecule has 3 aromatic carbocycles. The van der Waals surface area contributed by atoms with E-state index in [1.807, 2.05) is 67.6 Å². The smallest absolute Gasteiger partial charge is 0.249 e. The molecule has 1 atom stereocenters. The maximum atomic E-state index is 13.2. The predicted molar refractivity (Wildman–Crippen MR) is 140 cm³/mol. The van der Waals surface area contributed by atoms with Crippen LogP contribution in [0.1, 0.15) is 40.7 Å². The minimum absolute atomic E-state index is 0. The average molecular weight is 475 g/mol. The summed E-state index contributed by atoms with van der Waals surface area (Å²) in [5, 5.41) is 0. The van der Waals surface area contributed by atoms with Gasteiger partial charge in [0.2, 0.25) is 11.8 Å². The van der Waals surface area contributed by atoms with E-state index >= 15 is 0 Å². The molecule has 1 fully saturated rings. The van der Waals surface area contributed by atoms with Crippen molar-refractivity contribution < 1.29 is 14.4 Å². The van der Waals surface area contributed by atoms with Gasteiger partial charge in [-0.1, -0.05) is 60.2 Å². The van der Waals surface area contributed by atoms with Crippen molar-refractivity contribution in [2.75, 3.05) is 11.4 Å². The van der Waals surface area contributed by atoms with Crippen LogP contribution < -0.4 is 10.6 Å². The Kier molecular flexibility index (Phi) is 8.29. The summed E-state index contributed by atoms with van der Waals surface area (Å²) >= 11 is 0. The second-order valence-electron chi connectivity index (χ2n) is 8.69. The van der Waals surface area contributed by atoms with Gasteiger partial charge in [-0.25, -0.2) is 0 Å². The van der Waals surface area contributed by atoms with Crippen LogP contribution in [0.3, 0.4) is 0 Å². The maximum Gasteiger partial charge on any atom is 0.249 e. The number of carbonyl (C=O) groups is 3. The molecule has 34 heavy (non-hydrogen) atoms. The van der Waals surface area contributed by atoms with Gasteiger partial charge in [0, 0.05) is 36.6 Å². The number of Topliss-reactive ketones (excluding diaryl/α,β-unsaturated/α-hetero) is 1. The zero-order valence-electron chi connectivity index (χ0n) is 19.3. The first-order chi connectivity index (χ1) is 15.9. The second-order valence-corrected chi connectivity index (χ2v) is 8.69. The number of nitrogens with two attached hydrogens (primary N) is 1. The van der Waals surface area contributed by atoms with Crippen LogP contribution in [0.5, 0.6) is 0 Å². The van der Waals surface area contributed by atoms with Crippen molar-refractivity contribution in [1.82, 2.24) is 0 Å². The molecule has 2 N–H and O–H groups in total. The second kappa shape index (κ2) is 11.2. The summed E-state index contributed by atoms with van der Waals surface area (Å²) in [6.45, 7) is 2.66. The third kappa shape index (κ3) is 5.75. The maximum absolute atomic E-state index is 13.2. The number of ketones is 1. The van der Waals surface area contributed by atoms with Gasteiger partial charge < -0.3 is 10.6 Å². The normalized spacial score (nSPS) is 15.5. The molecule has 0 radical (unpaired) electrons. The summed E-state index contributed by atoms with van der Waals surface area (Å²) in [7, 11) is 0. The molecular formula is C28H30N2O3S. The summed E-state index contributed by atoms with van der Waals surface area (Å²) in [5.74, 6) is -0.660. The lowest BCUT2D eigenvalue weighted by atomic mass is 9.90. The number of benzene rings is 3. The van der Waals surface area contributed by atoms with Gasteiger partial charge in [-0.2, -0.15) is 13.5 Å². The van der Waals surface area contributed by atoms with Gasteiger partial charge in [-0.05, 0) is 54.7 Å². The number of rotatable bonds is 7. The summed E-state index contributed by atoms with van der Waals surface area (Å²) in [5.41, 5.74) is 10.5. The highest BCUT2D eigenvalue weighted by Crippen LogP contribution is 2.30. The minimum Gasteiger partial charge on any atom is -0.366 e. The van der Waals surface area contributed by atoms with E-state index in [9.17, 15) is 14.4 Å². The standard InChI is InChI=1S/C28H28N2O3.H2S/c1-19-8-10-20(11-9-19)17-24(31)18-22-5-4-16-30(28(22)33)23-14-12-21(13-15-23)25-6-2-3-7-26(25)27(29)32;/h2-3,6-15,22H,4-5,16-18H2,1H3,(H2,29,32);1H2/t22-;/m1./s1.